The van der Waals surface area contributed by atoms with E-state index in [-0.39, 0.29) is 41.6 Å². The minimum absolute atomic E-state index is 0.00764. The zero-order valence-electron chi connectivity index (χ0n) is 12.9. The van der Waals surface area contributed by atoms with E-state index in [2.05, 4.69) is 0 Å². The largest absolute Gasteiger partial charge is 0.475 e. The zero-order valence-corrected chi connectivity index (χ0v) is 12.9. The maximum atomic E-state index is 12.3. The molecular weight excluding hydrogens is 308 g/mol. The minimum atomic E-state index is -1.32. The van der Waals surface area contributed by atoms with Crippen LogP contribution in [0.4, 0.5) is 0 Å². The number of fused-ring (bicyclic) bond motifs is 1. The molecule has 0 aliphatic heterocycles. The van der Waals surface area contributed by atoms with Gasteiger partial charge in [0, 0.05) is 25.8 Å². The molecule has 0 spiro atoms. The number of methoxy groups -OCH3 is 2. The van der Waals surface area contributed by atoms with Crippen LogP contribution in [0.25, 0.3) is 11.0 Å². The first kappa shape index (κ1) is 16.8. The Labute approximate surface area is 131 Å². The smallest absolute Gasteiger partial charge is 0.372 e. The summed E-state index contributed by atoms with van der Waals surface area (Å²) in [6, 6.07) is 2.80. The number of benzene rings is 1. The van der Waals surface area contributed by atoms with E-state index < -0.39 is 17.2 Å². The van der Waals surface area contributed by atoms with Gasteiger partial charge in [-0.2, -0.15) is 0 Å². The van der Waals surface area contributed by atoms with Crippen LogP contribution in [0.15, 0.2) is 21.3 Å². The number of rotatable bonds is 7. The summed E-state index contributed by atoms with van der Waals surface area (Å²) in [4.78, 5) is 23.5. The summed E-state index contributed by atoms with van der Waals surface area (Å²) in [5.74, 6) is -1.24. The fourth-order valence-electron chi connectivity index (χ4n) is 1.97. The van der Waals surface area contributed by atoms with Gasteiger partial charge in [-0.15, -0.1) is 0 Å². The molecule has 0 bridgehead atoms. The maximum absolute atomic E-state index is 12.3. The number of carbonyl (C=O) groups is 1. The number of carboxylic acid groups (broad SMARTS) is 1. The molecule has 0 saturated heterocycles. The van der Waals surface area contributed by atoms with Crippen LogP contribution in [0, 0.1) is 6.92 Å². The molecule has 2 rings (SSSR count). The first-order valence-corrected chi connectivity index (χ1v) is 6.57. The Balaban J connectivity index is 2.65. The number of ether oxygens (including phenoxy) is 4. The molecule has 2 aromatic rings. The van der Waals surface area contributed by atoms with E-state index in [0.29, 0.717) is 0 Å². The highest BCUT2D eigenvalue weighted by atomic mass is 16.7. The fourth-order valence-corrected chi connectivity index (χ4v) is 1.97. The van der Waals surface area contributed by atoms with Crippen LogP contribution < -0.4 is 14.9 Å². The molecule has 0 amide bonds. The van der Waals surface area contributed by atoms with Crippen molar-refractivity contribution in [1.29, 1.82) is 0 Å². The second kappa shape index (κ2) is 7.12. The molecule has 1 aromatic carbocycles. The normalized spacial score (nSPS) is 10.7. The Hall–Kier alpha value is -2.58. The van der Waals surface area contributed by atoms with Crippen LogP contribution in [0.1, 0.15) is 16.1 Å². The lowest BCUT2D eigenvalue weighted by Crippen LogP contribution is -2.13. The predicted octanol–water partition coefficient (Wildman–Crippen LogP) is 1.77. The van der Waals surface area contributed by atoms with Crippen LogP contribution in [-0.2, 0) is 9.47 Å². The van der Waals surface area contributed by atoms with Crippen molar-refractivity contribution in [2.24, 2.45) is 0 Å². The average Bonchev–Trinajstić information content (AvgIpc) is 2.53. The number of carboxylic acids is 1. The third kappa shape index (κ3) is 3.43. The predicted molar refractivity (Wildman–Crippen MR) is 79.2 cm³/mol. The Morgan fingerprint density at radius 3 is 2.22 bits per heavy atom. The molecule has 0 aliphatic carbocycles. The van der Waals surface area contributed by atoms with Crippen LogP contribution >= 0.6 is 0 Å². The first-order valence-electron chi connectivity index (χ1n) is 6.57. The summed E-state index contributed by atoms with van der Waals surface area (Å²) in [5.41, 5.74) is -0.369. The van der Waals surface area contributed by atoms with Gasteiger partial charge in [-0.25, -0.2) is 4.79 Å². The Kier molecular flexibility index (Phi) is 5.20. The number of hydrogen-bond acceptors (Lipinski definition) is 7. The lowest BCUT2D eigenvalue weighted by Gasteiger charge is -2.13. The van der Waals surface area contributed by atoms with Gasteiger partial charge in [-0.3, -0.25) is 4.79 Å². The molecule has 0 unspecified atom stereocenters. The van der Waals surface area contributed by atoms with Gasteiger partial charge in [-0.1, -0.05) is 0 Å². The summed E-state index contributed by atoms with van der Waals surface area (Å²) < 4.78 is 25.7. The lowest BCUT2D eigenvalue weighted by molar-refractivity contribution is 0.0324. The molecule has 0 aliphatic rings. The van der Waals surface area contributed by atoms with E-state index in [1.54, 1.807) is 0 Å². The van der Waals surface area contributed by atoms with Gasteiger partial charge in [-0.05, 0) is 13.0 Å². The third-order valence-corrected chi connectivity index (χ3v) is 3.04. The van der Waals surface area contributed by atoms with Crippen LogP contribution in [-0.4, -0.2) is 38.9 Å². The lowest BCUT2D eigenvalue weighted by atomic mass is 10.1. The number of aromatic carboxylic acids is 1. The first-order chi connectivity index (χ1) is 11.0. The standard InChI is InChI=1S/C15H16O8/c1-8-13(16)9-4-11(21-6-19-2)12(22-7-20-3)5-10(9)23-14(8)15(17)18/h4-5H,6-7H2,1-3H3,(H,17,18). The van der Waals surface area contributed by atoms with Crippen molar-refractivity contribution in [3.8, 4) is 11.5 Å². The van der Waals surface area contributed by atoms with Gasteiger partial charge >= 0.3 is 5.97 Å². The van der Waals surface area contributed by atoms with Crippen LogP contribution in [0.5, 0.6) is 11.5 Å². The van der Waals surface area contributed by atoms with Gasteiger partial charge in [0.1, 0.15) is 5.58 Å². The Morgan fingerprint density at radius 1 is 1.13 bits per heavy atom. The second-order valence-corrected chi connectivity index (χ2v) is 4.59. The number of hydrogen-bond donors (Lipinski definition) is 1. The van der Waals surface area contributed by atoms with Crippen molar-refractivity contribution in [3.05, 3.63) is 33.7 Å². The maximum Gasteiger partial charge on any atom is 0.372 e. The molecule has 23 heavy (non-hydrogen) atoms. The molecule has 0 saturated carbocycles. The molecule has 1 aromatic heterocycles. The summed E-state index contributed by atoms with van der Waals surface area (Å²) in [6.45, 7) is 1.28. The van der Waals surface area contributed by atoms with Crippen molar-refractivity contribution in [3.63, 3.8) is 0 Å². The quantitative estimate of drug-likeness (QED) is 0.768. The molecule has 0 atom stereocenters. The van der Waals surface area contributed by atoms with Gasteiger partial charge < -0.3 is 28.5 Å². The van der Waals surface area contributed by atoms with Gasteiger partial charge in [0.05, 0.1) is 5.39 Å². The highest BCUT2D eigenvalue weighted by Crippen LogP contribution is 2.32. The summed E-state index contributed by atoms with van der Waals surface area (Å²) in [5, 5.41) is 9.29. The third-order valence-electron chi connectivity index (χ3n) is 3.04. The van der Waals surface area contributed by atoms with E-state index in [1.807, 2.05) is 0 Å². The van der Waals surface area contributed by atoms with Crippen molar-refractivity contribution < 1.29 is 33.3 Å². The topological polar surface area (TPSA) is 104 Å². The molecule has 0 fully saturated rings. The minimum Gasteiger partial charge on any atom is -0.475 e. The second-order valence-electron chi connectivity index (χ2n) is 4.59. The monoisotopic (exact) mass is 324 g/mol. The summed E-state index contributed by atoms with van der Waals surface area (Å²) in [7, 11) is 2.90. The Bertz CT molecular complexity index is 777. The zero-order chi connectivity index (χ0) is 17.0. The fraction of sp³-hybridized carbons (Fsp3) is 0.333. The van der Waals surface area contributed by atoms with E-state index >= 15 is 0 Å². The molecule has 1 heterocycles. The van der Waals surface area contributed by atoms with Crippen LogP contribution in [0.3, 0.4) is 0 Å². The van der Waals surface area contributed by atoms with E-state index in [4.69, 9.17) is 28.5 Å². The molecule has 124 valence electrons. The van der Waals surface area contributed by atoms with Crippen molar-refractivity contribution >= 4 is 16.9 Å². The van der Waals surface area contributed by atoms with Gasteiger partial charge in [0.2, 0.25) is 5.76 Å². The molecule has 8 nitrogen and oxygen atoms in total. The van der Waals surface area contributed by atoms with Gasteiger partial charge in [0.25, 0.3) is 0 Å². The van der Waals surface area contributed by atoms with E-state index in [0.717, 1.165) is 0 Å². The summed E-state index contributed by atoms with van der Waals surface area (Å²) in [6.07, 6.45) is 0. The molecule has 8 heteroatoms. The molecular formula is C15H16O8. The van der Waals surface area contributed by atoms with Gasteiger partial charge in [0.15, 0.2) is 30.5 Å². The van der Waals surface area contributed by atoms with Crippen LogP contribution in [0.2, 0.25) is 0 Å². The van der Waals surface area contributed by atoms with E-state index in [1.165, 1.54) is 33.3 Å². The van der Waals surface area contributed by atoms with E-state index in [9.17, 15) is 9.59 Å². The Morgan fingerprint density at radius 2 is 1.70 bits per heavy atom. The molecule has 0 radical (unpaired) electrons. The molecule has 1 N–H and O–H groups in total. The highest BCUT2D eigenvalue weighted by molar-refractivity contribution is 5.90. The average molecular weight is 324 g/mol. The van der Waals surface area contributed by atoms with Crippen molar-refractivity contribution in [2.45, 2.75) is 6.92 Å². The SMILES string of the molecule is COCOc1cc2oc(C(=O)O)c(C)c(=O)c2cc1OCOC. The van der Waals surface area contributed by atoms with Crippen molar-refractivity contribution in [2.75, 3.05) is 27.8 Å². The highest BCUT2D eigenvalue weighted by Gasteiger charge is 2.19. The summed E-state index contributed by atoms with van der Waals surface area (Å²) >= 11 is 0. The van der Waals surface area contributed by atoms with Crippen molar-refractivity contribution in [1.82, 2.24) is 0 Å².